The quantitative estimate of drug-likeness (QED) is 0.0744. The van der Waals surface area contributed by atoms with Crippen LogP contribution in [0.15, 0.2) is 85.1 Å². The van der Waals surface area contributed by atoms with E-state index in [2.05, 4.69) is 17.1 Å². The lowest BCUT2D eigenvalue weighted by Crippen LogP contribution is -1.99. The minimum absolute atomic E-state index is 0.0662. The highest BCUT2D eigenvalue weighted by molar-refractivity contribution is 6.06. The van der Waals surface area contributed by atoms with Gasteiger partial charge in [-0.2, -0.15) is 0 Å². The van der Waals surface area contributed by atoms with Crippen LogP contribution in [-0.2, 0) is 0 Å². The van der Waals surface area contributed by atoms with Crippen LogP contribution in [0.1, 0.15) is 60.9 Å². The van der Waals surface area contributed by atoms with E-state index in [1.165, 1.54) is 25.7 Å². The van der Waals surface area contributed by atoms with Crippen molar-refractivity contribution in [3.63, 3.8) is 0 Å². The molecule has 4 rings (SSSR count). The Kier molecular flexibility index (Phi) is 11.6. The average Bonchev–Trinajstić information content (AvgIpc) is 3.02. The van der Waals surface area contributed by atoms with Crippen molar-refractivity contribution in [3.8, 4) is 23.0 Å². The van der Waals surface area contributed by atoms with Crippen molar-refractivity contribution < 1.29 is 23.7 Å². The van der Waals surface area contributed by atoms with Crippen LogP contribution in [-0.4, -0.2) is 38.2 Å². The topological polar surface area (TPSA) is 66.9 Å². The molecule has 4 aromatic rings. The van der Waals surface area contributed by atoms with Crippen molar-refractivity contribution in [3.05, 3.63) is 96.2 Å². The SMILES string of the molecule is COc1ccc(/C=C/C(=O)c2ccc(OCCCCCCCCCOc3cccc4cccnc34)cc2)cc1OC. The number of fused-ring (bicyclic) bond motifs is 1. The number of aromatic nitrogens is 1. The number of methoxy groups -OCH3 is 2. The van der Waals surface area contributed by atoms with Gasteiger partial charge >= 0.3 is 0 Å². The van der Waals surface area contributed by atoms with Crippen molar-refractivity contribution in [1.29, 1.82) is 0 Å². The lowest BCUT2D eigenvalue weighted by atomic mass is 10.1. The number of carbonyl (C=O) groups excluding carboxylic acids is 1. The fraction of sp³-hybridized carbons (Fsp3) is 0.314. The van der Waals surface area contributed by atoms with Gasteiger partial charge in [0.05, 0.1) is 27.4 Å². The number of unbranched alkanes of at least 4 members (excludes halogenated alkanes) is 6. The predicted octanol–water partition coefficient (Wildman–Crippen LogP) is 8.34. The molecular formula is C35H39NO5. The molecule has 0 radical (unpaired) electrons. The van der Waals surface area contributed by atoms with Gasteiger partial charge < -0.3 is 18.9 Å². The first-order valence-corrected chi connectivity index (χ1v) is 14.3. The number of hydrogen-bond donors (Lipinski definition) is 0. The van der Waals surface area contributed by atoms with Gasteiger partial charge in [0.25, 0.3) is 0 Å². The first-order chi connectivity index (χ1) is 20.2. The third-order valence-corrected chi connectivity index (χ3v) is 6.88. The summed E-state index contributed by atoms with van der Waals surface area (Å²) in [5.41, 5.74) is 2.41. The molecule has 0 N–H and O–H groups in total. The number of rotatable bonds is 17. The van der Waals surface area contributed by atoms with Crippen LogP contribution < -0.4 is 18.9 Å². The largest absolute Gasteiger partial charge is 0.494 e. The molecule has 6 heteroatoms. The molecule has 0 aliphatic rings. The highest BCUT2D eigenvalue weighted by Gasteiger charge is 2.06. The number of hydrogen-bond acceptors (Lipinski definition) is 6. The van der Waals surface area contributed by atoms with E-state index in [1.54, 1.807) is 38.5 Å². The van der Waals surface area contributed by atoms with Crippen LogP contribution in [0.5, 0.6) is 23.0 Å². The van der Waals surface area contributed by atoms with Gasteiger partial charge in [-0.3, -0.25) is 9.78 Å². The van der Waals surface area contributed by atoms with E-state index >= 15 is 0 Å². The Morgan fingerprint density at radius 1 is 0.707 bits per heavy atom. The summed E-state index contributed by atoms with van der Waals surface area (Å²) in [5.74, 6) is 2.86. The summed E-state index contributed by atoms with van der Waals surface area (Å²) in [7, 11) is 3.18. The summed E-state index contributed by atoms with van der Waals surface area (Å²) in [5, 5.41) is 1.11. The van der Waals surface area contributed by atoms with E-state index in [9.17, 15) is 4.79 Å². The minimum atomic E-state index is -0.0662. The van der Waals surface area contributed by atoms with Crippen LogP contribution in [0.3, 0.4) is 0 Å². The Bertz CT molecular complexity index is 1410. The van der Waals surface area contributed by atoms with Crippen molar-refractivity contribution in [2.45, 2.75) is 44.9 Å². The smallest absolute Gasteiger partial charge is 0.185 e. The fourth-order valence-corrected chi connectivity index (χ4v) is 4.59. The summed E-state index contributed by atoms with van der Waals surface area (Å²) in [4.78, 5) is 17.0. The maximum Gasteiger partial charge on any atom is 0.185 e. The molecular weight excluding hydrogens is 514 g/mol. The fourth-order valence-electron chi connectivity index (χ4n) is 4.59. The van der Waals surface area contributed by atoms with Crippen LogP contribution >= 0.6 is 0 Å². The Morgan fingerprint density at radius 2 is 1.39 bits per heavy atom. The Balaban J connectivity index is 1.05. The average molecular weight is 554 g/mol. The zero-order valence-corrected chi connectivity index (χ0v) is 24.0. The van der Waals surface area contributed by atoms with Gasteiger partial charge in [-0.25, -0.2) is 0 Å². The molecule has 0 amide bonds. The highest BCUT2D eigenvalue weighted by Crippen LogP contribution is 2.28. The lowest BCUT2D eigenvalue weighted by molar-refractivity contribution is 0.104. The number of pyridine rings is 1. The number of carbonyl (C=O) groups is 1. The molecule has 0 aliphatic carbocycles. The number of allylic oxidation sites excluding steroid dienone is 1. The first-order valence-electron chi connectivity index (χ1n) is 14.3. The molecule has 0 saturated heterocycles. The first kappa shape index (κ1) is 29.7. The number of ether oxygens (including phenoxy) is 4. The summed E-state index contributed by atoms with van der Waals surface area (Å²) in [6.45, 7) is 1.40. The number of nitrogens with zero attached hydrogens (tertiary/aromatic N) is 1. The Morgan fingerprint density at radius 3 is 2.12 bits per heavy atom. The second kappa shape index (κ2) is 16.1. The van der Waals surface area contributed by atoms with Crippen molar-refractivity contribution in [2.24, 2.45) is 0 Å². The molecule has 1 heterocycles. The van der Waals surface area contributed by atoms with E-state index in [1.807, 2.05) is 54.7 Å². The highest BCUT2D eigenvalue weighted by atomic mass is 16.5. The number of ketones is 1. The summed E-state index contributed by atoms with van der Waals surface area (Å²) < 4.78 is 22.4. The molecule has 0 aliphatic heterocycles. The van der Waals surface area contributed by atoms with E-state index in [0.717, 1.165) is 53.8 Å². The number of benzene rings is 3. The minimum Gasteiger partial charge on any atom is -0.494 e. The molecule has 3 aromatic carbocycles. The molecule has 1 aromatic heterocycles. The third kappa shape index (κ3) is 9.10. The molecule has 6 nitrogen and oxygen atoms in total. The molecule has 0 spiro atoms. The maximum atomic E-state index is 12.6. The molecule has 214 valence electrons. The van der Waals surface area contributed by atoms with Crippen LogP contribution in [0.25, 0.3) is 17.0 Å². The van der Waals surface area contributed by atoms with Gasteiger partial charge in [0.15, 0.2) is 17.3 Å². The van der Waals surface area contributed by atoms with Gasteiger partial charge in [-0.05, 0) is 73.0 Å². The van der Waals surface area contributed by atoms with Gasteiger partial charge in [-0.15, -0.1) is 0 Å². The Hall–Kier alpha value is -4.32. The van der Waals surface area contributed by atoms with Crippen LogP contribution in [0.4, 0.5) is 0 Å². The molecule has 0 atom stereocenters. The van der Waals surface area contributed by atoms with E-state index in [0.29, 0.717) is 23.7 Å². The number of para-hydroxylation sites is 1. The summed E-state index contributed by atoms with van der Waals surface area (Å²) in [6, 6.07) is 22.9. The van der Waals surface area contributed by atoms with Crippen LogP contribution in [0, 0.1) is 0 Å². The van der Waals surface area contributed by atoms with Crippen molar-refractivity contribution >= 4 is 22.8 Å². The van der Waals surface area contributed by atoms with Crippen molar-refractivity contribution in [2.75, 3.05) is 27.4 Å². The van der Waals surface area contributed by atoms with Crippen LogP contribution in [0.2, 0.25) is 0 Å². The van der Waals surface area contributed by atoms with Crippen molar-refractivity contribution in [1.82, 2.24) is 4.98 Å². The van der Waals surface area contributed by atoms with Gasteiger partial charge in [0.1, 0.15) is 17.0 Å². The third-order valence-electron chi connectivity index (χ3n) is 6.88. The molecule has 0 saturated carbocycles. The molecule has 0 unspecified atom stereocenters. The van der Waals surface area contributed by atoms with Gasteiger partial charge in [-0.1, -0.05) is 62.4 Å². The summed E-state index contributed by atoms with van der Waals surface area (Å²) >= 11 is 0. The second-order valence-electron chi connectivity index (χ2n) is 9.84. The van der Waals surface area contributed by atoms with Gasteiger partial charge in [0.2, 0.25) is 0 Å². The monoisotopic (exact) mass is 553 g/mol. The zero-order chi connectivity index (χ0) is 28.7. The van der Waals surface area contributed by atoms with E-state index in [4.69, 9.17) is 18.9 Å². The molecule has 0 fully saturated rings. The summed E-state index contributed by atoms with van der Waals surface area (Å²) in [6.07, 6.45) is 13.2. The predicted molar refractivity (Wildman–Crippen MR) is 164 cm³/mol. The normalized spacial score (nSPS) is 11.1. The molecule has 41 heavy (non-hydrogen) atoms. The standard InChI is InChI=1S/C35H39NO5/c1-38-32-22-16-27(26-34(32)39-2)15-21-31(37)28-17-19-30(20-18-28)40-24-8-6-4-3-5-7-9-25-41-33-14-10-12-29-13-11-23-36-35(29)33/h10-23,26H,3-9,24-25H2,1-2H3/b21-15+. The van der Waals surface area contributed by atoms with E-state index in [-0.39, 0.29) is 5.78 Å². The second-order valence-corrected chi connectivity index (χ2v) is 9.84. The zero-order valence-electron chi connectivity index (χ0n) is 24.0. The molecule has 0 bridgehead atoms. The van der Waals surface area contributed by atoms with E-state index < -0.39 is 0 Å². The lowest BCUT2D eigenvalue weighted by Gasteiger charge is -2.09. The maximum absolute atomic E-state index is 12.6. The Labute approximate surface area is 242 Å². The van der Waals surface area contributed by atoms with Gasteiger partial charge in [0, 0.05) is 17.1 Å².